The van der Waals surface area contributed by atoms with Gasteiger partial charge in [-0.25, -0.2) is 18.4 Å². The number of carbonyl (C=O) groups is 3. The minimum atomic E-state index is -4.11. The summed E-state index contributed by atoms with van der Waals surface area (Å²) in [5.74, 6) is -0.696. The van der Waals surface area contributed by atoms with E-state index >= 15 is 0 Å². The molecule has 4 amide bonds. The molecule has 0 aromatic heterocycles. The molecule has 2 aromatic carbocycles. The van der Waals surface area contributed by atoms with Crippen molar-refractivity contribution in [1.29, 1.82) is 0 Å². The van der Waals surface area contributed by atoms with Gasteiger partial charge in [-0.3, -0.25) is 14.5 Å². The summed E-state index contributed by atoms with van der Waals surface area (Å²) >= 11 is 0. The van der Waals surface area contributed by atoms with Crippen molar-refractivity contribution in [2.24, 2.45) is 5.14 Å². The van der Waals surface area contributed by atoms with Crippen molar-refractivity contribution in [3.8, 4) is 11.5 Å². The molecule has 0 saturated carbocycles. The first-order chi connectivity index (χ1) is 15.5. The summed E-state index contributed by atoms with van der Waals surface area (Å²) in [7, 11) is -1.32. The maximum Gasteiger partial charge on any atom is 0.325 e. The maximum absolute atomic E-state index is 13.0. The summed E-state index contributed by atoms with van der Waals surface area (Å²) in [6.07, 6.45) is 0.163. The van der Waals surface area contributed by atoms with E-state index in [0.717, 1.165) is 16.5 Å². The molecule has 1 aliphatic rings. The number of primary sulfonamides is 1. The highest BCUT2D eigenvalue weighted by Gasteiger charge is 2.48. The zero-order valence-electron chi connectivity index (χ0n) is 18.2. The van der Waals surface area contributed by atoms with Crippen LogP contribution in [0.25, 0.3) is 0 Å². The molecule has 12 heteroatoms. The van der Waals surface area contributed by atoms with Crippen molar-refractivity contribution in [3.63, 3.8) is 0 Å². The standard InChI is InChI=1S/C21H24N4O7S/c1-21(11-13-6-4-5-7-15(13)31-2)19(27)25(20(28)24-21)12-18(26)23-14-8-9-16(32-3)17(10-14)33(22,29)30/h4-10H,11-12H2,1-3H3,(H,23,26)(H,24,28)(H2,22,29,30)/t21-/m0/s1. The summed E-state index contributed by atoms with van der Waals surface area (Å²) in [4.78, 5) is 38.5. The second-order valence-corrected chi connectivity index (χ2v) is 9.13. The van der Waals surface area contributed by atoms with Gasteiger partial charge in [-0.15, -0.1) is 0 Å². The summed E-state index contributed by atoms with van der Waals surface area (Å²) < 4.78 is 33.8. The molecule has 1 fully saturated rings. The highest BCUT2D eigenvalue weighted by atomic mass is 32.2. The van der Waals surface area contributed by atoms with E-state index in [1.54, 1.807) is 31.2 Å². The van der Waals surface area contributed by atoms with Gasteiger partial charge in [-0.1, -0.05) is 18.2 Å². The zero-order valence-corrected chi connectivity index (χ0v) is 19.1. The van der Waals surface area contributed by atoms with E-state index in [1.165, 1.54) is 26.4 Å². The lowest BCUT2D eigenvalue weighted by molar-refractivity contribution is -0.133. The number of hydrogen-bond acceptors (Lipinski definition) is 7. The Balaban J connectivity index is 1.74. The van der Waals surface area contributed by atoms with E-state index in [-0.39, 0.29) is 22.8 Å². The Morgan fingerprint density at radius 2 is 1.79 bits per heavy atom. The van der Waals surface area contributed by atoms with E-state index in [1.807, 2.05) is 0 Å². The predicted octanol–water partition coefficient (Wildman–Crippen LogP) is 0.843. The SMILES string of the molecule is COc1ccccc1C[C@]1(C)NC(=O)N(CC(=O)Nc2ccc(OC)c(S(N)(=O)=O)c2)C1=O. The molecule has 1 heterocycles. The van der Waals surface area contributed by atoms with E-state index < -0.39 is 40.0 Å². The Morgan fingerprint density at radius 3 is 2.42 bits per heavy atom. The van der Waals surface area contributed by atoms with Crippen molar-refractivity contribution >= 4 is 33.6 Å². The van der Waals surface area contributed by atoms with Crippen molar-refractivity contribution in [2.75, 3.05) is 26.1 Å². The average Bonchev–Trinajstić information content (AvgIpc) is 2.96. The number of benzene rings is 2. The summed E-state index contributed by atoms with van der Waals surface area (Å²) in [5, 5.41) is 10.3. The fourth-order valence-corrected chi connectivity index (χ4v) is 4.28. The Morgan fingerprint density at radius 1 is 1.12 bits per heavy atom. The average molecular weight is 477 g/mol. The molecule has 3 rings (SSSR count). The van der Waals surface area contributed by atoms with E-state index in [9.17, 15) is 22.8 Å². The normalized spacial score (nSPS) is 18.1. The summed E-state index contributed by atoms with van der Waals surface area (Å²) in [6.45, 7) is 1.00. The van der Waals surface area contributed by atoms with Crippen molar-refractivity contribution in [1.82, 2.24) is 10.2 Å². The van der Waals surface area contributed by atoms with Gasteiger partial charge in [0.05, 0.1) is 14.2 Å². The Hall–Kier alpha value is -3.64. The number of nitrogens with zero attached hydrogens (tertiary/aromatic N) is 1. The van der Waals surface area contributed by atoms with Crippen molar-refractivity contribution in [2.45, 2.75) is 23.8 Å². The lowest BCUT2D eigenvalue weighted by Gasteiger charge is -2.22. The quantitative estimate of drug-likeness (QED) is 0.477. The van der Waals surface area contributed by atoms with Crippen LogP contribution >= 0.6 is 0 Å². The molecule has 0 spiro atoms. The van der Waals surface area contributed by atoms with Gasteiger partial charge in [0.2, 0.25) is 15.9 Å². The molecule has 0 bridgehead atoms. The number of amides is 4. The molecule has 0 radical (unpaired) electrons. The highest BCUT2D eigenvalue weighted by Crippen LogP contribution is 2.28. The Bertz CT molecular complexity index is 1210. The van der Waals surface area contributed by atoms with Gasteiger partial charge in [0.25, 0.3) is 5.91 Å². The number of nitrogens with one attached hydrogen (secondary N) is 2. The van der Waals surface area contributed by atoms with Crippen LogP contribution in [0.2, 0.25) is 0 Å². The van der Waals surface area contributed by atoms with Crippen LogP contribution in [0.3, 0.4) is 0 Å². The smallest absolute Gasteiger partial charge is 0.325 e. The fraction of sp³-hybridized carbons (Fsp3) is 0.286. The molecule has 1 atom stereocenters. The van der Waals surface area contributed by atoms with Gasteiger partial charge in [0.15, 0.2) is 0 Å². The largest absolute Gasteiger partial charge is 0.496 e. The van der Waals surface area contributed by atoms with Crippen molar-refractivity contribution in [3.05, 3.63) is 48.0 Å². The number of para-hydroxylation sites is 1. The third-order valence-electron chi connectivity index (χ3n) is 5.14. The van der Waals surface area contributed by atoms with Crippen LogP contribution in [0.5, 0.6) is 11.5 Å². The highest BCUT2D eigenvalue weighted by molar-refractivity contribution is 7.89. The van der Waals surface area contributed by atoms with E-state index in [2.05, 4.69) is 10.6 Å². The Labute approximate surface area is 190 Å². The van der Waals surface area contributed by atoms with Gasteiger partial charge in [-0.05, 0) is 36.8 Å². The van der Waals surface area contributed by atoms with Crippen molar-refractivity contribution < 1.29 is 32.3 Å². The minimum Gasteiger partial charge on any atom is -0.496 e. The van der Waals surface area contributed by atoms with Crippen LogP contribution < -0.4 is 25.2 Å². The number of imide groups is 1. The van der Waals surface area contributed by atoms with Gasteiger partial charge < -0.3 is 20.1 Å². The molecule has 0 aliphatic carbocycles. The van der Waals surface area contributed by atoms with Crippen LogP contribution in [0.1, 0.15) is 12.5 Å². The molecule has 0 unspecified atom stereocenters. The zero-order chi connectivity index (χ0) is 24.4. The molecular formula is C21H24N4O7S. The van der Waals surface area contributed by atoms with Crippen LogP contribution in [0.4, 0.5) is 10.5 Å². The maximum atomic E-state index is 13.0. The Kier molecular flexibility index (Phi) is 6.60. The van der Waals surface area contributed by atoms with Crippen LogP contribution in [-0.2, 0) is 26.0 Å². The number of hydrogen-bond donors (Lipinski definition) is 3. The molecule has 33 heavy (non-hydrogen) atoms. The number of nitrogens with two attached hydrogens (primary N) is 1. The monoisotopic (exact) mass is 476 g/mol. The number of urea groups is 1. The number of sulfonamides is 1. The third kappa shape index (κ3) is 5.07. The fourth-order valence-electron chi connectivity index (χ4n) is 3.56. The lowest BCUT2D eigenvalue weighted by Crippen LogP contribution is -2.46. The molecule has 1 saturated heterocycles. The first-order valence-electron chi connectivity index (χ1n) is 9.75. The molecule has 2 aromatic rings. The van der Waals surface area contributed by atoms with Gasteiger partial charge >= 0.3 is 6.03 Å². The second kappa shape index (κ2) is 9.08. The molecule has 1 aliphatic heterocycles. The number of carbonyl (C=O) groups excluding carboxylic acids is 3. The first kappa shape index (κ1) is 24.0. The topological polar surface area (TPSA) is 157 Å². The molecule has 176 valence electrons. The van der Waals surface area contributed by atoms with Gasteiger partial charge in [0.1, 0.15) is 28.5 Å². The number of anilines is 1. The number of rotatable bonds is 8. The second-order valence-electron chi connectivity index (χ2n) is 7.60. The van der Waals surface area contributed by atoms with Crippen LogP contribution in [0.15, 0.2) is 47.4 Å². The van der Waals surface area contributed by atoms with Gasteiger partial charge in [0, 0.05) is 12.1 Å². The van der Waals surface area contributed by atoms with Crippen LogP contribution in [-0.4, -0.2) is 57.5 Å². The summed E-state index contributed by atoms with van der Waals surface area (Å²) in [5.41, 5.74) is -0.447. The number of methoxy groups -OCH3 is 2. The third-order valence-corrected chi connectivity index (χ3v) is 6.07. The minimum absolute atomic E-state index is 0.0108. The van der Waals surface area contributed by atoms with E-state index in [0.29, 0.717) is 5.75 Å². The van der Waals surface area contributed by atoms with Crippen LogP contribution in [0, 0.1) is 0 Å². The predicted molar refractivity (Wildman–Crippen MR) is 118 cm³/mol. The van der Waals surface area contributed by atoms with Gasteiger partial charge in [-0.2, -0.15) is 0 Å². The summed E-state index contributed by atoms with van der Waals surface area (Å²) in [6, 6.07) is 10.3. The number of ether oxygens (including phenoxy) is 2. The first-order valence-corrected chi connectivity index (χ1v) is 11.3. The molecule has 4 N–H and O–H groups in total. The lowest BCUT2D eigenvalue weighted by atomic mass is 9.92. The van der Waals surface area contributed by atoms with E-state index in [4.69, 9.17) is 14.6 Å². The molecular weight excluding hydrogens is 452 g/mol. The molecule has 11 nitrogen and oxygen atoms in total.